The average Bonchev–Trinajstić information content (AvgIpc) is 2.58. The van der Waals surface area contributed by atoms with Crippen LogP contribution in [0.5, 0.6) is 5.75 Å². The zero-order chi connectivity index (χ0) is 16.4. The fourth-order valence-corrected chi connectivity index (χ4v) is 2.27. The zero-order valence-electron chi connectivity index (χ0n) is 12.7. The quantitative estimate of drug-likeness (QED) is 0.805. The fraction of sp³-hybridized carbons (Fsp3) is 0.118. The summed E-state index contributed by atoms with van der Waals surface area (Å²) in [6, 6.07) is 11.9. The van der Waals surface area contributed by atoms with Gasteiger partial charge in [0.1, 0.15) is 17.1 Å². The molecule has 0 saturated carbocycles. The van der Waals surface area contributed by atoms with Crippen molar-refractivity contribution in [3.8, 4) is 5.75 Å². The molecule has 6 heteroatoms. The lowest BCUT2D eigenvalue weighted by Crippen LogP contribution is -2.24. The summed E-state index contributed by atoms with van der Waals surface area (Å²) in [5.41, 5.74) is 1.31. The van der Waals surface area contributed by atoms with E-state index in [1.165, 1.54) is 4.40 Å². The highest BCUT2D eigenvalue weighted by atomic mass is 16.5. The summed E-state index contributed by atoms with van der Waals surface area (Å²) in [4.78, 5) is 29.2. The van der Waals surface area contributed by atoms with Crippen LogP contribution in [0.4, 0.5) is 5.69 Å². The van der Waals surface area contributed by atoms with Crippen molar-refractivity contribution in [1.82, 2.24) is 9.38 Å². The number of benzene rings is 1. The minimum Gasteiger partial charge on any atom is -0.497 e. The summed E-state index contributed by atoms with van der Waals surface area (Å²) in [5, 5.41) is 2.65. The van der Waals surface area contributed by atoms with Crippen LogP contribution in [0.15, 0.2) is 53.5 Å². The second-order valence-corrected chi connectivity index (χ2v) is 4.99. The van der Waals surface area contributed by atoms with Crippen molar-refractivity contribution in [3.63, 3.8) is 0 Å². The van der Waals surface area contributed by atoms with Crippen molar-refractivity contribution in [2.24, 2.45) is 0 Å². The van der Waals surface area contributed by atoms with Crippen LogP contribution in [0.25, 0.3) is 5.65 Å². The first kappa shape index (κ1) is 14.8. The molecule has 1 N–H and O–H groups in total. The van der Waals surface area contributed by atoms with Gasteiger partial charge in [-0.15, -0.1) is 0 Å². The van der Waals surface area contributed by atoms with Crippen molar-refractivity contribution in [2.75, 3.05) is 12.4 Å². The molecule has 23 heavy (non-hydrogen) atoms. The number of ether oxygens (including phenoxy) is 1. The number of pyridine rings is 1. The van der Waals surface area contributed by atoms with Gasteiger partial charge in [0, 0.05) is 11.8 Å². The third-order valence-electron chi connectivity index (χ3n) is 3.51. The molecular weight excluding hydrogens is 294 g/mol. The maximum atomic E-state index is 12.5. The van der Waals surface area contributed by atoms with Gasteiger partial charge >= 0.3 is 0 Å². The molecule has 0 spiro atoms. The first-order valence-electron chi connectivity index (χ1n) is 7.03. The Kier molecular flexibility index (Phi) is 3.80. The number of hydrogen-bond acceptors (Lipinski definition) is 4. The lowest BCUT2D eigenvalue weighted by Gasteiger charge is -2.09. The van der Waals surface area contributed by atoms with E-state index < -0.39 is 0 Å². The lowest BCUT2D eigenvalue weighted by molar-refractivity contribution is 0.102. The van der Waals surface area contributed by atoms with E-state index in [0.29, 0.717) is 22.7 Å². The van der Waals surface area contributed by atoms with Gasteiger partial charge in [-0.1, -0.05) is 6.07 Å². The Morgan fingerprint density at radius 3 is 2.61 bits per heavy atom. The molecule has 0 bridgehead atoms. The number of methoxy groups -OCH3 is 1. The maximum Gasteiger partial charge on any atom is 0.281 e. The van der Waals surface area contributed by atoms with Gasteiger partial charge in [0.05, 0.1) is 12.8 Å². The van der Waals surface area contributed by atoms with E-state index in [1.807, 2.05) is 0 Å². The Morgan fingerprint density at radius 2 is 1.91 bits per heavy atom. The number of aryl methyl sites for hydroxylation is 1. The number of rotatable bonds is 3. The van der Waals surface area contributed by atoms with Gasteiger partial charge in [0.2, 0.25) is 0 Å². The van der Waals surface area contributed by atoms with Crippen molar-refractivity contribution in [2.45, 2.75) is 6.92 Å². The molecule has 2 heterocycles. The minimum absolute atomic E-state index is 0.175. The number of hydrogen-bond donors (Lipinski definition) is 1. The molecule has 0 unspecified atom stereocenters. The van der Waals surface area contributed by atoms with Crippen molar-refractivity contribution in [1.29, 1.82) is 0 Å². The summed E-state index contributed by atoms with van der Waals surface area (Å²) in [6.07, 6.45) is 1.62. The second kappa shape index (κ2) is 5.92. The predicted molar refractivity (Wildman–Crippen MR) is 87.1 cm³/mol. The number of nitrogens with one attached hydrogen (secondary N) is 1. The smallest absolute Gasteiger partial charge is 0.281 e. The fourth-order valence-electron chi connectivity index (χ4n) is 2.27. The third-order valence-corrected chi connectivity index (χ3v) is 3.51. The summed E-state index contributed by atoms with van der Waals surface area (Å²) in [5.74, 6) is 0.288. The number of carbonyl (C=O) groups is 1. The van der Waals surface area contributed by atoms with Gasteiger partial charge in [-0.2, -0.15) is 0 Å². The number of carbonyl (C=O) groups excluding carboxylic acids is 1. The summed E-state index contributed by atoms with van der Waals surface area (Å²) < 4.78 is 6.46. The molecule has 0 saturated heterocycles. The molecule has 0 fully saturated rings. The molecule has 3 aromatic rings. The van der Waals surface area contributed by atoms with Crippen LogP contribution in [-0.2, 0) is 0 Å². The van der Waals surface area contributed by atoms with E-state index in [-0.39, 0.29) is 17.2 Å². The average molecular weight is 309 g/mol. The maximum absolute atomic E-state index is 12.5. The standard InChI is InChI=1S/C17H15N3O3/c1-11-15(17(22)20-10-4-3-5-14(20)18-11)19-16(21)12-6-8-13(23-2)9-7-12/h3-10H,1-2H3,(H,19,21). The van der Waals surface area contributed by atoms with E-state index in [2.05, 4.69) is 10.3 Å². The van der Waals surface area contributed by atoms with Gasteiger partial charge in [-0.05, 0) is 43.3 Å². The number of anilines is 1. The largest absolute Gasteiger partial charge is 0.497 e. The first-order chi connectivity index (χ1) is 11.1. The molecule has 1 amide bonds. The van der Waals surface area contributed by atoms with Crippen molar-refractivity contribution < 1.29 is 9.53 Å². The number of nitrogens with zero attached hydrogens (tertiary/aromatic N) is 2. The molecule has 1 aromatic carbocycles. The van der Waals surface area contributed by atoms with Gasteiger partial charge in [-0.25, -0.2) is 4.98 Å². The van der Waals surface area contributed by atoms with E-state index in [4.69, 9.17) is 4.74 Å². The monoisotopic (exact) mass is 309 g/mol. The molecule has 116 valence electrons. The van der Waals surface area contributed by atoms with Gasteiger partial charge in [0.15, 0.2) is 0 Å². The van der Waals surface area contributed by atoms with E-state index in [0.717, 1.165) is 0 Å². The lowest BCUT2D eigenvalue weighted by atomic mass is 10.2. The molecule has 2 aromatic heterocycles. The SMILES string of the molecule is COc1ccc(C(=O)Nc2c(C)nc3ccccn3c2=O)cc1. The van der Waals surface area contributed by atoms with E-state index >= 15 is 0 Å². The third kappa shape index (κ3) is 2.78. The predicted octanol–water partition coefficient (Wildman–Crippen LogP) is 2.26. The van der Waals surface area contributed by atoms with Crippen LogP contribution < -0.4 is 15.6 Å². The van der Waals surface area contributed by atoms with Crippen molar-refractivity contribution >= 4 is 17.2 Å². The number of amides is 1. The molecule has 0 radical (unpaired) electrons. The summed E-state index contributed by atoms with van der Waals surface area (Å²) >= 11 is 0. The summed E-state index contributed by atoms with van der Waals surface area (Å²) in [6.45, 7) is 1.69. The van der Waals surface area contributed by atoms with Gasteiger partial charge in [0.25, 0.3) is 11.5 Å². The normalized spacial score (nSPS) is 10.5. The highest BCUT2D eigenvalue weighted by Gasteiger charge is 2.13. The highest BCUT2D eigenvalue weighted by Crippen LogP contribution is 2.14. The van der Waals surface area contributed by atoms with Crippen LogP contribution >= 0.6 is 0 Å². The van der Waals surface area contributed by atoms with Crippen LogP contribution in [0.2, 0.25) is 0 Å². The molecule has 0 aliphatic carbocycles. The summed E-state index contributed by atoms with van der Waals surface area (Å²) in [7, 11) is 1.56. The van der Waals surface area contributed by atoms with Crippen LogP contribution in [-0.4, -0.2) is 22.4 Å². The highest BCUT2D eigenvalue weighted by molar-refractivity contribution is 6.04. The van der Waals surface area contributed by atoms with E-state index in [1.54, 1.807) is 62.7 Å². The molecule has 3 rings (SSSR count). The Bertz CT molecular complexity index is 930. The molecule has 0 aliphatic rings. The Labute approximate surface area is 132 Å². The first-order valence-corrected chi connectivity index (χ1v) is 7.03. The Balaban J connectivity index is 1.97. The zero-order valence-corrected chi connectivity index (χ0v) is 12.7. The topological polar surface area (TPSA) is 72.7 Å². The van der Waals surface area contributed by atoms with Crippen LogP contribution in [0, 0.1) is 6.92 Å². The Morgan fingerprint density at radius 1 is 1.17 bits per heavy atom. The van der Waals surface area contributed by atoms with E-state index in [9.17, 15) is 9.59 Å². The van der Waals surface area contributed by atoms with Gasteiger partial charge in [-0.3, -0.25) is 14.0 Å². The number of aromatic nitrogens is 2. The molecular formula is C17H15N3O3. The van der Waals surface area contributed by atoms with Crippen LogP contribution in [0.1, 0.15) is 16.1 Å². The minimum atomic E-state index is -0.370. The van der Waals surface area contributed by atoms with Gasteiger partial charge < -0.3 is 10.1 Å². The van der Waals surface area contributed by atoms with Crippen LogP contribution in [0.3, 0.4) is 0 Å². The number of fused-ring (bicyclic) bond motifs is 1. The molecule has 0 aliphatic heterocycles. The second-order valence-electron chi connectivity index (χ2n) is 4.99. The molecule has 6 nitrogen and oxygen atoms in total. The van der Waals surface area contributed by atoms with Crippen molar-refractivity contribution in [3.05, 3.63) is 70.3 Å². The molecule has 0 atom stereocenters. The Hall–Kier alpha value is -3.15.